The smallest absolute Gasteiger partial charge is 0.104 e. The van der Waals surface area contributed by atoms with Crippen LogP contribution in [0.4, 0.5) is 0 Å². The first-order chi connectivity index (χ1) is 24.7. The second-order valence-corrected chi connectivity index (χ2v) is 16.6. The van der Waals surface area contributed by atoms with Crippen LogP contribution in [0, 0.1) is 11.8 Å². The van der Waals surface area contributed by atoms with Gasteiger partial charge in [-0.05, 0) is 117 Å². The molecule has 4 aliphatic carbocycles. The Morgan fingerprint density at radius 2 is 1.68 bits per heavy atom. The predicted molar refractivity (Wildman–Crippen MR) is 215 cm³/mol. The Kier molecular flexibility index (Phi) is 7.78. The van der Waals surface area contributed by atoms with E-state index in [4.69, 9.17) is 0 Å². The maximum atomic E-state index is 3.99. The number of rotatable bonds is 5. The van der Waals surface area contributed by atoms with Gasteiger partial charge in [0.05, 0.1) is 6.04 Å². The summed E-state index contributed by atoms with van der Waals surface area (Å²) in [5.41, 5.74) is 12.5. The molecule has 4 heteroatoms. The molecule has 0 saturated carbocycles. The summed E-state index contributed by atoms with van der Waals surface area (Å²) in [5, 5.41) is 9.84. The molecular formula is C46H40N2S2. The van der Waals surface area contributed by atoms with Gasteiger partial charge in [-0.1, -0.05) is 109 Å². The zero-order valence-electron chi connectivity index (χ0n) is 28.0. The highest BCUT2D eigenvalue weighted by Gasteiger charge is 2.35. The minimum Gasteiger partial charge on any atom is -0.369 e. The molecule has 0 fully saturated rings. The number of hydrogen-bond donors (Lipinski definition) is 2. The van der Waals surface area contributed by atoms with Crippen molar-refractivity contribution in [1.82, 2.24) is 10.6 Å². The van der Waals surface area contributed by atoms with Crippen LogP contribution in [0.1, 0.15) is 65.0 Å². The third-order valence-electron chi connectivity index (χ3n) is 11.2. The fourth-order valence-corrected chi connectivity index (χ4v) is 11.2. The Morgan fingerprint density at radius 1 is 0.760 bits per heavy atom. The number of hydrogen-bond acceptors (Lipinski definition) is 4. The topological polar surface area (TPSA) is 24.1 Å². The van der Waals surface area contributed by atoms with Crippen LogP contribution < -0.4 is 10.6 Å². The molecule has 3 aromatic carbocycles. The van der Waals surface area contributed by atoms with Gasteiger partial charge in [-0.25, -0.2) is 0 Å². The van der Waals surface area contributed by atoms with Gasteiger partial charge in [0.1, 0.15) is 6.17 Å². The van der Waals surface area contributed by atoms with Gasteiger partial charge < -0.3 is 5.32 Å². The normalized spacial score (nSPS) is 26.4. The molecule has 10 rings (SSSR count). The van der Waals surface area contributed by atoms with Crippen LogP contribution in [0.2, 0.25) is 0 Å². The number of nitrogens with one attached hydrogen (secondary N) is 2. The Labute approximate surface area is 303 Å². The minimum atomic E-state index is 0.0325. The molecule has 6 aliphatic rings. The van der Waals surface area contributed by atoms with E-state index in [1.165, 1.54) is 65.2 Å². The number of fused-ring (bicyclic) bond motifs is 5. The minimum absolute atomic E-state index is 0.0325. The summed E-state index contributed by atoms with van der Waals surface area (Å²) in [6.45, 7) is 0. The summed E-state index contributed by atoms with van der Waals surface area (Å²) in [4.78, 5) is 3.03. The summed E-state index contributed by atoms with van der Waals surface area (Å²) in [7, 11) is 0. The van der Waals surface area contributed by atoms with E-state index in [1.54, 1.807) is 4.91 Å². The van der Waals surface area contributed by atoms with Gasteiger partial charge in [-0.3, -0.25) is 5.32 Å². The number of benzene rings is 3. The summed E-state index contributed by atoms with van der Waals surface area (Å²) in [6, 6.07) is 25.5. The van der Waals surface area contributed by atoms with Gasteiger partial charge in [0.15, 0.2) is 0 Å². The van der Waals surface area contributed by atoms with Gasteiger partial charge in [-0.15, -0.1) is 23.1 Å². The Bertz CT molecular complexity index is 2260. The molecule has 0 radical (unpaired) electrons. The fraction of sp³-hybridized carbons (Fsp3) is 0.217. The molecule has 2 aliphatic heterocycles. The molecule has 1 aromatic heterocycles. The van der Waals surface area contributed by atoms with Crippen molar-refractivity contribution in [1.29, 1.82) is 0 Å². The molecule has 0 bridgehead atoms. The van der Waals surface area contributed by atoms with Crippen LogP contribution in [0.25, 0.3) is 32.9 Å². The maximum absolute atomic E-state index is 3.99. The van der Waals surface area contributed by atoms with Crippen LogP contribution in [-0.2, 0) is 6.42 Å². The lowest BCUT2D eigenvalue weighted by Crippen LogP contribution is -2.41. The SMILES string of the molecule is C1=CCC(C2=CC(c3ccc(-c4ccc5sc6c(c5c4)CCC=C6)c(C4=CC5=C(CC4)SC4C=CC=CC54)c3)NC(c3ccccc3)N2)C=C1. The summed E-state index contributed by atoms with van der Waals surface area (Å²) in [6.07, 6.45) is 33.5. The van der Waals surface area contributed by atoms with Crippen molar-refractivity contribution in [3.63, 3.8) is 0 Å². The van der Waals surface area contributed by atoms with E-state index < -0.39 is 0 Å². The third-order valence-corrected chi connectivity index (χ3v) is 13.8. The standard InChI is InChI=1S/C46H40N2S2/c1-3-11-29(12-4-1)40-28-41(48-46(47-40)30-13-5-2-6-14-30)33-19-22-34(31-20-23-44-38(25-31)35-15-7-9-17-42(35)49-44)37(27-33)32-21-24-45-39(26-32)36-16-8-10-18-43(36)50-45/h1-6,8-11,13-14,16-20,22-23,25-29,36,41,43,46-48H,7,12,15,21,24H2. The van der Waals surface area contributed by atoms with Crippen LogP contribution in [-0.4, -0.2) is 5.25 Å². The number of thioether (sulfide) groups is 1. The summed E-state index contributed by atoms with van der Waals surface area (Å²) >= 11 is 4.03. The van der Waals surface area contributed by atoms with Crippen molar-refractivity contribution in [2.45, 2.75) is 49.6 Å². The average Bonchev–Trinajstić information content (AvgIpc) is 3.76. The van der Waals surface area contributed by atoms with Crippen LogP contribution >= 0.6 is 23.1 Å². The lowest BCUT2D eigenvalue weighted by Gasteiger charge is -2.35. The van der Waals surface area contributed by atoms with Crippen LogP contribution in [0.15, 0.2) is 150 Å². The van der Waals surface area contributed by atoms with E-state index in [1.807, 2.05) is 11.3 Å². The molecule has 2 N–H and O–H groups in total. The van der Waals surface area contributed by atoms with E-state index in [0.717, 1.165) is 32.1 Å². The fourth-order valence-electron chi connectivity index (χ4n) is 8.64. The van der Waals surface area contributed by atoms with E-state index in [0.29, 0.717) is 17.1 Å². The molecule has 5 atom stereocenters. The highest BCUT2D eigenvalue weighted by Crippen LogP contribution is 2.52. The maximum Gasteiger partial charge on any atom is 0.104 e. The Balaban J connectivity index is 1.10. The van der Waals surface area contributed by atoms with Crippen molar-refractivity contribution in [2.24, 2.45) is 11.8 Å². The molecule has 2 nitrogen and oxygen atoms in total. The number of allylic oxidation sites excluding steroid dienone is 12. The molecular weight excluding hydrogens is 645 g/mol. The van der Waals surface area contributed by atoms with Crippen molar-refractivity contribution in [3.8, 4) is 11.1 Å². The molecule has 246 valence electrons. The first-order valence-corrected chi connectivity index (χ1v) is 19.9. The first kappa shape index (κ1) is 30.5. The van der Waals surface area contributed by atoms with Gasteiger partial charge in [-0.2, -0.15) is 0 Å². The van der Waals surface area contributed by atoms with Crippen LogP contribution in [0.3, 0.4) is 0 Å². The Morgan fingerprint density at radius 3 is 2.60 bits per heavy atom. The summed E-state index contributed by atoms with van der Waals surface area (Å²) in [5.74, 6) is 0.828. The molecule has 50 heavy (non-hydrogen) atoms. The number of aryl methyl sites for hydroxylation is 1. The lowest BCUT2D eigenvalue weighted by atomic mass is 9.82. The van der Waals surface area contributed by atoms with Gasteiger partial charge >= 0.3 is 0 Å². The molecule has 0 amide bonds. The summed E-state index contributed by atoms with van der Waals surface area (Å²) < 4.78 is 1.40. The van der Waals surface area contributed by atoms with Gasteiger partial charge in [0.25, 0.3) is 0 Å². The predicted octanol–water partition coefficient (Wildman–Crippen LogP) is 11.8. The zero-order valence-corrected chi connectivity index (χ0v) is 29.7. The van der Waals surface area contributed by atoms with E-state index in [2.05, 4.69) is 162 Å². The first-order valence-electron chi connectivity index (χ1n) is 18.2. The number of thiophene rings is 1. The second-order valence-electron chi connectivity index (χ2n) is 14.2. The average molecular weight is 685 g/mol. The van der Waals surface area contributed by atoms with E-state index >= 15 is 0 Å². The second kappa shape index (κ2) is 12.8. The quantitative estimate of drug-likeness (QED) is 0.219. The van der Waals surface area contributed by atoms with Crippen molar-refractivity contribution < 1.29 is 0 Å². The molecule has 4 aromatic rings. The highest BCUT2D eigenvalue weighted by molar-refractivity contribution is 8.04. The van der Waals surface area contributed by atoms with E-state index in [-0.39, 0.29) is 12.2 Å². The van der Waals surface area contributed by atoms with Crippen molar-refractivity contribution in [2.75, 3.05) is 0 Å². The molecule has 0 spiro atoms. The highest BCUT2D eigenvalue weighted by atomic mass is 32.2. The van der Waals surface area contributed by atoms with Crippen LogP contribution in [0.5, 0.6) is 0 Å². The lowest BCUT2D eigenvalue weighted by molar-refractivity contribution is 0.396. The molecule has 0 saturated heterocycles. The third kappa shape index (κ3) is 5.45. The zero-order chi connectivity index (χ0) is 33.0. The van der Waals surface area contributed by atoms with Gasteiger partial charge in [0.2, 0.25) is 0 Å². The monoisotopic (exact) mass is 684 g/mol. The van der Waals surface area contributed by atoms with Gasteiger partial charge in [0, 0.05) is 32.4 Å². The Hall–Kier alpha value is -4.35. The molecule has 3 heterocycles. The molecule has 5 unspecified atom stereocenters. The largest absolute Gasteiger partial charge is 0.369 e. The van der Waals surface area contributed by atoms with Crippen molar-refractivity contribution >= 4 is 44.8 Å². The van der Waals surface area contributed by atoms with Crippen molar-refractivity contribution in [3.05, 3.63) is 177 Å². The van der Waals surface area contributed by atoms with E-state index in [9.17, 15) is 0 Å².